The van der Waals surface area contributed by atoms with Gasteiger partial charge in [-0.2, -0.15) is 0 Å². The second-order valence-corrected chi connectivity index (χ2v) is 6.06. The summed E-state index contributed by atoms with van der Waals surface area (Å²) in [5.74, 6) is 1.55. The smallest absolute Gasteiger partial charge is 0.118 e. The summed E-state index contributed by atoms with van der Waals surface area (Å²) in [6, 6.07) is 8.88. The molecule has 0 fully saturated rings. The molecule has 1 rings (SSSR count). The average molecular weight is 293 g/mol. The molecular formula is C18H31NO2. The average Bonchev–Trinajstić information content (AvgIpc) is 2.49. The van der Waals surface area contributed by atoms with E-state index >= 15 is 0 Å². The SMILES string of the molecule is COc1ccc(CCC(C)NCCCOCC(C)C)cc1. The van der Waals surface area contributed by atoms with E-state index in [2.05, 4.69) is 38.2 Å². The summed E-state index contributed by atoms with van der Waals surface area (Å²) in [7, 11) is 1.70. The highest BCUT2D eigenvalue weighted by Gasteiger charge is 2.02. The molecule has 1 atom stereocenters. The van der Waals surface area contributed by atoms with Gasteiger partial charge in [-0.1, -0.05) is 26.0 Å². The van der Waals surface area contributed by atoms with Crippen LogP contribution in [0.5, 0.6) is 5.75 Å². The highest BCUT2D eigenvalue weighted by atomic mass is 16.5. The predicted octanol–water partition coefficient (Wildman–Crippen LogP) is 3.67. The molecule has 0 aliphatic heterocycles. The van der Waals surface area contributed by atoms with Gasteiger partial charge >= 0.3 is 0 Å². The Morgan fingerprint density at radius 1 is 1.10 bits per heavy atom. The van der Waals surface area contributed by atoms with Crippen molar-refractivity contribution >= 4 is 0 Å². The Hall–Kier alpha value is -1.06. The summed E-state index contributed by atoms with van der Waals surface area (Å²) in [5.41, 5.74) is 1.37. The fourth-order valence-corrected chi connectivity index (χ4v) is 2.12. The minimum Gasteiger partial charge on any atom is -0.497 e. The summed E-state index contributed by atoms with van der Waals surface area (Å²) in [6.45, 7) is 9.36. The van der Waals surface area contributed by atoms with Crippen molar-refractivity contribution in [1.29, 1.82) is 0 Å². The lowest BCUT2D eigenvalue weighted by molar-refractivity contribution is 0.107. The van der Waals surface area contributed by atoms with Gasteiger partial charge in [0.1, 0.15) is 5.75 Å². The molecule has 3 nitrogen and oxygen atoms in total. The van der Waals surface area contributed by atoms with E-state index in [1.807, 2.05) is 12.1 Å². The number of aryl methyl sites for hydroxylation is 1. The largest absolute Gasteiger partial charge is 0.497 e. The standard InChI is InChI=1S/C18H31NO2/c1-15(2)14-21-13-5-12-19-16(3)6-7-17-8-10-18(20-4)11-9-17/h8-11,15-16,19H,5-7,12-14H2,1-4H3. The fourth-order valence-electron chi connectivity index (χ4n) is 2.12. The Morgan fingerprint density at radius 3 is 2.43 bits per heavy atom. The molecule has 0 aromatic heterocycles. The van der Waals surface area contributed by atoms with Gasteiger partial charge in [-0.15, -0.1) is 0 Å². The number of hydrogen-bond donors (Lipinski definition) is 1. The Morgan fingerprint density at radius 2 is 1.81 bits per heavy atom. The zero-order valence-electron chi connectivity index (χ0n) is 14.0. The van der Waals surface area contributed by atoms with Crippen LogP contribution in [0.1, 0.15) is 39.2 Å². The number of ether oxygens (including phenoxy) is 2. The first-order valence-corrected chi connectivity index (χ1v) is 8.06. The van der Waals surface area contributed by atoms with Crippen molar-refractivity contribution in [2.45, 2.75) is 46.1 Å². The van der Waals surface area contributed by atoms with Gasteiger partial charge in [0.05, 0.1) is 7.11 Å². The van der Waals surface area contributed by atoms with Crippen LogP contribution >= 0.6 is 0 Å². The van der Waals surface area contributed by atoms with Crippen LogP contribution < -0.4 is 10.1 Å². The van der Waals surface area contributed by atoms with E-state index in [1.165, 1.54) is 5.56 Å². The first-order chi connectivity index (χ1) is 10.1. The summed E-state index contributed by atoms with van der Waals surface area (Å²) in [4.78, 5) is 0. The van der Waals surface area contributed by atoms with Crippen LogP contribution in [0.25, 0.3) is 0 Å². The number of rotatable bonds is 11. The van der Waals surface area contributed by atoms with Crippen LogP contribution in [0, 0.1) is 5.92 Å². The Bertz CT molecular complexity index is 362. The van der Waals surface area contributed by atoms with Crippen LogP contribution in [0.4, 0.5) is 0 Å². The van der Waals surface area contributed by atoms with Crippen LogP contribution in [0.15, 0.2) is 24.3 Å². The Balaban J connectivity index is 2.06. The highest BCUT2D eigenvalue weighted by molar-refractivity contribution is 5.27. The van der Waals surface area contributed by atoms with Crippen LogP contribution in [-0.2, 0) is 11.2 Å². The first kappa shape index (κ1) is 18.0. The molecule has 0 saturated heterocycles. The summed E-state index contributed by atoms with van der Waals surface area (Å²) in [6.07, 6.45) is 3.33. The lowest BCUT2D eigenvalue weighted by Gasteiger charge is -2.14. The van der Waals surface area contributed by atoms with E-state index in [1.54, 1.807) is 7.11 Å². The third-order valence-electron chi connectivity index (χ3n) is 3.43. The van der Waals surface area contributed by atoms with Crippen molar-refractivity contribution in [2.24, 2.45) is 5.92 Å². The summed E-state index contributed by atoms with van der Waals surface area (Å²) >= 11 is 0. The first-order valence-electron chi connectivity index (χ1n) is 8.06. The lowest BCUT2D eigenvalue weighted by Crippen LogP contribution is -2.28. The molecule has 1 aromatic rings. The molecule has 1 aromatic carbocycles. The van der Waals surface area contributed by atoms with Gasteiger partial charge in [-0.05, 0) is 56.3 Å². The highest BCUT2D eigenvalue weighted by Crippen LogP contribution is 2.13. The van der Waals surface area contributed by atoms with Gasteiger partial charge < -0.3 is 14.8 Å². The molecular weight excluding hydrogens is 262 g/mol. The fraction of sp³-hybridized carbons (Fsp3) is 0.667. The topological polar surface area (TPSA) is 30.5 Å². The van der Waals surface area contributed by atoms with Gasteiger partial charge in [0.2, 0.25) is 0 Å². The van der Waals surface area contributed by atoms with Crippen molar-refractivity contribution in [3.8, 4) is 5.75 Å². The van der Waals surface area contributed by atoms with Crippen molar-refractivity contribution in [1.82, 2.24) is 5.32 Å². The predicted molar refractivity (Wildman–Crippen MR) is 89.1 cm³/mol. The molecule has 0 radical (unpaired) electrons. The van der Waals surface area contributed by atoms with E-state index in [9.17, 15) is 0 Å². The molecule has 0 aliphatic carbocycles. The maximum Gasteiger partial charge on any atom is 0.118 e. The van der Waals surface area contributed by atoms with Crippen LogP contribution in [0.3, 0.4) is 0 Å². The molecule has 0 amide bonds. The Kier molecular flexibility index (Phi) is 9.11. The van der Waals surface area contributed by atoms with Crippen molar-refractivity contribution < 1.29 is 9.47 Å². The van der Waals surface area contributed by atoms with E-state index in [4.69, 9.17) is 9.47 Å². The minimum atomic E-state index is 0.539. The maximum atomic E-state index is 5.58. The second-order valence-electron chi connectivity index (χ2n) is 6.06. The maximum absolute atomic E-state index is 5.58. The van der Waals surface area contributed by atoms with Crippen molar-refractivity contribution in [2.75, 3.05) is 26.9 Å². The molecule has 1 unspecified atom stereocenters. The molecule has 0 aliphatic rings. The molecule has 3 heteroatoms. The number of methoxy groups -OCH3 is 1. The Labute approximate surface area is 130 Å². The molecule has 120 valence electrons. The molecule has 0 spiro atoms. The molecule has 0 bridgehead atoms. The lowest BCUT2D eigenvalue weighted by atomic mass is 10.1. The van der Waals surface area contributed by atoms with Gasteiger partial charge in [0.15, 0.2) is 0 Å². The summed E-state index contributed by atoms with van der Waals surface area (Å²) in [5, 5.41) is 3.56. The van der Waals surface area contributed by atoms with Gasteiger partial charge in [0, 0.05) is 19.3 Å². The zero-order valence-corrected chi connectivity index (χ0v) is 14.0. The second kappa shape index (κ2) is 10.6. The van der Waals surface area contributed by atoms with E-state index in [-0.39, 0.29) is 0 Å². The molecule has 1 N–H and O–H groups in total. The van der Waals surface area contributed by atoms with Crippen LogP contribution in [0.2, 0.25) is 0 Å². The molecule has 0 saturated carbocycles. The molecule has 21 heavy (non-hydrogen) atoms. The number of nitrogens with one attached hydrogen (secondary N) is 1. The van der Waals surface area contributed by atoms with Crippen molar-refractivity contribution in [3.63, 3.8) is 0 Å². The normalized spacial score (nSPS) is 12.6. The quantitative estimate of drug-likeness (QED) is 0.632. The van der Waals surface area contributed by atoms with Gasteiger partial charge in [-0.25, -0.2) is 0 Å². The van der Waals surface area contributed by atoms with Gasteiger partial charge in [0.25, 0.3) is 0 Å². The third-order valence-corrected chi connectivity index (χ3v) is 3.43. The third kappa shape index (κ3) is 8.74. The van der Waals surface area contributed by atoms with E-state index < -0.39 is 0 Å². The van der Waals surface area contributed by atoms with Gasteiger partial charge in [-0.3, -0.25) is 0 Å². The zero-order chi connectivity index (χ0) is 15.5. The number of benzene rings is 1. The van der Waals surface area contributed by atoms with Crippen molar-refractivity contribution in [3.05, 3.63) is 29.8 Å². The number of hydrogen-bond acceptors (Lipinski definition) is 3. The molecule has 0 heterocycles. The summed E-state index contributed by atoms with van der Waals surface area (Å²) < 4.78 is 10.7. The monoisotopic (exact) mass is 293 g/mol. The van der Waals surface area contributed by atoms with E-state index in [0.29, 0.717) is 12.0 Å². The van der Waals surface area contributed by atoms with E-state index in [0.717, 1.165) is 44.8 Å². The minimum absolute atomic E-state index is 0.539. The van der Waals surface area contributed by atoms with Crippen LogP contribution in [-0.4, -0.2) is 32.9 Å².